The van der Waals surface area contributed by atoms with Gasteiger partial charge in [0.2, 0.25) is 0 Å². The highest BCUT2D eigenvalue weighted by atomic mass is 35.5. The fourth-order valence-electron chi connectivity index (χ4n) is 4.41. The molecular formula is C24H23ClFN5S. The molecule has 0 atom stereocenters. The molecule has 0 amide bonds. The molecule has 8 heteroatoms. The second-order valence-electron chi connectivity index (χ2n) is 8.13. The molecule has 164 valence electrons. The summed E-state index contributed by atoms with van der Waals surface area (Å²) in [5.74, 6) is 0.0611. The van der Waals surface area contributed by atoms with E-state index < -0.39 is 0 Å². The van der Waals surface area contributed by atoms with Gasteiger partial charge in [-0.2, -0.15) is 0 Å². The minimum Gasteiger partial charge on any atom is -0.383 e. The van der Waals surface area contributed by atoms with E-state index in [-0.39, 0.29) is 5.82 Å². The number of nitrogen functional groups attached to an aromatic ring is 1. The average Bonchev–Trinajstić information content (AvgIpc) is 3.43. The van der Waals surface area contributed by atoms with Crippen molar-refractivity contribution in [2.24, 2.45) is 0 Å². The van der Waals surface area contributed by atoms with Gasteiger partial charge in [-0.3, -0.25) is 0 Å². The third-order valence-electron chi connectivity index (χ3n) is 6.06. The summed E-state index contributed by atoms with van der Waals surface area (Å²) in [6.07, 6.45) is 8.19. The summed E-state index contributed by atoms with van der Waals surface area (Å²) >= 11 is 7.59. The molecule has 1 aliphatic rings. The number of nitrogens with zero attached hydrogens (tertiary/aromatic N) is 3. The molecule has 5 rings (SSSR count). The van der Waals surface area contributed by atoms with Crippen molar-refractivity contribution >= 4 is 46.1 Å². The van der Waals surface area contributed by atoms with Crippen molar-refractivity contribution in [1.82, 2.24) is 14.5 Å². The first kappa shape index (κ1) is 21.1. The number of aromatic nitrogens is 3. The predicted molar refractivity (Wildman–Crippen MR) is 131 cm³/mol. The first-order chi connectivity index (χ1) is 15.5. The maximum Gasteiger partial charge on any atom is 0.147 e. The number of fused-ring (bicyclic) bond motifs is 1. The van der Waals surface area contributed by atoms with Crippen LogP contribution in [0.2, 0.25) is 5.02 Å². The first-order valence-electron chi connectivity index (χ1n) is 10.6. The number of halogens is 2. The van der Waals surface area contributed by atoms with Crippen LogP contribution >= 0.6 is 23.5 Å². The molecule has 0 radical (unpaired) electrons. The fourth-order valence-corrected chi connectivity index (χ4v) is 5.52. The van der Waals surface area contributed by atoms with Crippen molar-refractivity contribution in [3.8, 4) is 11.1 Å². The van der Waals surface area contributed by atoms with Crippen LogP contribution in [0.1, 0.15) is 37.3 Å². The summed E-state index contributed by atoms with van der Waals surface area (Å²) in [6, 6.07) is 11.2. The highest BCUT2D eigenvalue weighted by Gasteiger charge is 2.23. The zero-order valence-corrected chi connectivity index (χ0v) is 19.2. The number of rotatable bonds is 5. The number of aryl methyl sites for hydroxylation is 1. The van der Waals surface area contributed by atoms with Gasteiger partial charge in [-0.25, -0.2) is 14.4 Å². The summed E-state index contributed by atoms with van der Waals surface area (Å²) in [5, 5.41) is 1.41. The van der Waals surface area contributed by atoms with Crippen LogP contribution in [0.3, 0.4) is 0 Å². The van der Waals surface area contributed by atoms with E-state index in [4.69, 9.17) is 17.3 Å². The van der Waals surface area contributed by atoms with Crippen molar-refractivity contribution in [2.75, 3.05) is 10.5 Å². The lowest BCUT2D eigenvalue weighted by atomic mass is 10.1. The van der Waals surface area contributed by atoms with Crippen LogP contribution in [0.15, 0.2) is 53.8 Å². The molecule has 1 aliphatic carbocycles. The van der Waals surface area contributed by atoms with Crippen LogP contribution in [-0.2, 0) is 0 Å². The zero-order chi connectivity index (χ0) is 22.2. The van der Waals surface area contributed by atoms with Crippen molar-refractivity contribution < 1.29 is 4.39 Å². The van der Waals surface area contributed by atoms with E-state index in [1.165, 1.54) is 37.2 Å². The van der Waals surface area contributed by atoms with Crippen LogP contribution in [-0.4, -0.2) is 14.5 Å². The molecule has 32 heavy (non-hydrogen) atoms. The Hall–Kier alpha value is -2.77. The van der Waals surface area contributed by atoms with Gasteiger partial charge in [0, 0.05) is 22.7 Å². The number of benzene rings is 2. The molecule has 2 aromatic carbocycles. The third-order valence-corrected chi connectivity index (χ3v) is 7.56. The van der Waals surface area contributed by atoms with E-state index in [1.54, 1.807) is 6.07 Å². The third kappa shape index (κ3) is 3.80. The molecule has 2 heterocycles. The average molecular weight is 468 g/mol. The largest absolute Gasteiger partial charge is 0.383 e. The highest BCUT2D eigenvalue weighted by Crippen LogP contribution is 2.39. The Morgan fingerprint density at radius 1 is 1.19 bits per heavy atom. The second kappa shape index (κ2) is 8.64. The molecule has 1 saturated carbocycles. The standard InChI is InChI=1S/C24H23ClFN5S/c1-14-5-4-8-18(25)22(14)32-30-20-10-9-15(11-19(20)26)17-12-31(16-6-2-3-7-16)24-21(17)23(27)28-13-29-24/h4-5,8-13,16,30H,2-3,6-7H2,1H3,(H2,27,28,29). The molecule has 0 saturated heterocycles. The Kier molecular flexibility index (Phi) is 5.69. The maximum absolute atomic E-state index is 15.1. The summed E-state index contributed by atoms with van der Waals surface area (Å²) in [4.78, 5) is 9.56. The monoisotopic (exact) mass is 467 g/mol. The number of nitrogens with one attached hydrogen (secondary N) is 1. The van der Waals surface area contributed by atoms with Gasteiger partial charge in [0.25, 0.3) is 0 Å². The van der Waals surface area contributed by atoms with Crippen molar-refractivity contribution in [3.05, 3.63) is 65.3 Å². The van der Waals surface area contributed by atoms with Gasteiger partial charge in [0.1, 0.15) is 23.6 Å². The molecule has 2 aromatic heterocycles. The molecule has 0 unspecified atom stereocenters. The van der Waals surface area contributed by atoms with E-state index in [9.17, 15) is 0 Å². The molecule has 1 fully saturated rings. The Morgan fingerprint density at radius 3 is 2.75 bits per heavy atom. The molecular weight excluding hydrogens is 445 g/mol. The van der Waals surface area contributed by atoms with Gasteiger partial charge in [0.05, 0.1) is 16.1 Å². The molecule has 4 aromatic rings. The van der Waals surface area contributed by atoms with Crippen LogP contribution in [0.4, 0.5) is 15.9 Å². The number of hydrogen-bond acceptors (Lipinski definition) is 5. The number of hydrogen-bond donors (Lipinski definition) is 2. The van der Waals surface area contributed by atoms with Gasteiger partial charge < -0.3 is 15.0 Å². The molecule has 0 spiro atoms. The second-order valence-corrected chi connectivity index (χ2v) is 9.35. The smallest absolute Gasteiger partial charge is 0.147 e. The topological polar surface area (TPSA) is 68.8 Å². The SMILES string of the molecule is Cc1cccc(Cl)c1SNc1ccc(-c2cn(C3CCCC3)c3ncnc(N)c23)cc1F. The Labute approximate surface area is 195 Å². The van der Waals surface area contributed by atoms with Crippen molar-refractivity contribution in [1.29, 1.82) is 0 Å². The number of anilines is 2. The van der Waals surface area contributed by atoms with Gasteiger partial charge in [0.15, 0.2) is 0 Å². The zero-order valence-electron chi connectivity index (χ0n) is 17.6. The summed E-state index contributed by atoms with van der Waals surface area (Å²) < 4.78 is 20.4. The van der Waals surface area contributed by atoms with Crippen molar-refractivity contribution in [2.45, 2.75) is 43.5 Å². The van der Waals surface area contributed by atoms with Crippen LogP contribution in [0.5, 0.6) is 0 Å². The lowest BCUT2D eigenvalue weighted by molar-refractivity contribution is 0.532. The van der Waals surface area contributed by atoms with Crippen LogP contribution in [0, 0.1) is 12.7 Å². The van der Waals surface area contributed by atoms with Crippen LogP contribution in [0.25, 0.3) is 22.2 Å². The molecule has 3 N–H and O–H groups in total. The normalized spacial score (nSPS) is 14.3. The maximum atomic E-state index is 15.1. The summed E-state index contributed by atoms with van der Waals surface area (Å²) in [5.41, 5.74) is 10.1. The van der Waals surface area contributed by atoms with Crippen LogP contribution < -0.4 is 10.5 Å². The van der Waals surface area contributed by atoms with E-state index in [0.29, 0.717) is 22.6 Å². The highest BCUT2D eigenvalue weighted by molar-refractivity contribution is 8.00. The van der Waals surface area contributed by atoms with E-state index in [2.05, 4.69) is 25.5 Å². The first-order valence-corrected chi connectivity index (χ1v) is 11.8. The van der Waals surface area contributed by atoms with E-state index >= 15 is 4.39 Å². The minimum absolute atomic E-state index is 0.350. The van der Waals surface area contributed by atoms with Gasteiger partial charge in [-0.1, -0.05) is 42.6 Å². The molecule has 5 nitrogen and oxygen atoms in total. The van der Waals surface area contributed by atoms with Crippen molar-refractivity contribution in [3.63, 3.8) is 0 Å². The minimum atomic E-state index is -0.350. The Bertz CT molecular complexity index is 1280. The van der Waals surface area contributed by atoms with E-state index in [1.807, 2.05) is 31.2 Å². The summed E-state index contributed by atoms with van der Waals surface area (Å²) in [7, 11) is 0. The lowest BCUT2D eigenvalue weighted by Gasteiger charge is -2.12. The van der Waals surface area contributed by atoms with Gasteiger partial charge >= 0.3 is 0 Å². The van der Waals surface area contributed by atoms with Gasteiger partial charge in [-0.15, -0.1) is 0 Å². The molecule has 0 bridgehead atoms. The number of nitrogens with two attached hydrogens (primary N) is 1. The summed E-state index contributed by atoms with van der Waals surface area (Å²) in [6.45, 7) is 1.97. The Morgan fingerprint density at radius 2 is 2.00 bits per heavy atom. The Balaban J connectivity index is 1.49. The lowest BCUT2D eigenvalue weighted by Crippen LogP contribution is -2.04. The predicted octanol–water partition coefficient (Wildman–Crippen LogP) is 7.02. The fraction of sp³-hybridized carbons (Fsp3) is 0.250. The van der Waals surface area contributed by atoms with E-state index in [0.717, 1.165) is 45.5 Å². The quantitative estimate of drug-likeness (QED) is 0.309. The van der Waals surface area contributed by atoms with Gasteiger partial charge in [-0.05, 0) is 61.0 Å². The molecule has 0 aliphatic heterocycles.